The Bertz CT molecular complexity index is 484. The van der Waals surface area contributed by atoms with E-state index in [9.17, 15) is 4.39 Å². The Kier molecular flexibility index (Phi) is 3.39. The topological polar surface area (TPSA) is 27.7 Å². The molecule has 0 unspecified atom stereocenters. The van der Waals surface area contributed by atoms with E-state index in [2.05, 4.69) is 0 Å². The molecule has 1 saturated heterocycles. The monoisotopic (exact) mass is 266 g/mol. The van der Waals surface area contributed by atoms with Gasteiger partial charge in [-0.05, 0) is 46.2 Å². The van der Waals surface area contributed by atoms with Crippen molar-refractivity contribution in [1.82, 2.24) is 0 Å². The summed E-state index contributed by atoms with van der Waals surface area (Å²) in [6.45, 7) is 9.46. The molecule has 1 aromatic rings. The molecule has 2 rings (SSSR count). The first kappa shape index (κ1) is 14.3. The lowest BCUT2D eigenvalue weighted by Gasteiger charge is -2.32. The van der Waals surface area contributed by atoms with Gasteiger partial charge in [-0.1, -0.05) is 6.07 Å². The zero-order valence-electron chi connectivity index (χ0n) is 12.3. The van der Waals surface area contributed by atoms with E-state index in [4.69, 9.17) is 14.0 Å². The lowest BCUT2D eigenvalue weighted by molar-refractivity contribution is 0.00578. The Morgan fingerprint density at radius 1 is 1.11 bits per heavy atom. The number of rotatable bonds is 2. The highest BCUT2D eigenvalue weighted by Gasteiger charge is 2.53. The van der Waals surface area contributed by atoms with Gasteiger partial charge in [0, 0.05) is 0 Å². The van der Waals surface area contributed by atoms with Crippen molar-refractivity contribution in [2.45, 2.75) is 45.8 Å². The van der Waals surface area contributed by atoms with Crippen LogP contribution in [-0.2, 0) is 9.31 Å². The Morgan fingerprint density at radius 3 is 2.11 bits per heavy atom. The molecule has 0 atom stereocenters. The minimum absolute atomic E-state index is 0.334. The predicted molar refractivity (Wildman–Crippen MR) is 73.4 cm³/mol. The molecule has 1 aliphatic heterocycles. The maximum absolute atomic E-state index is 14.4. The zero-order valence-corrected chi connectivity index (χ0v) is 12.3. The zero-order chi connectivity index (χ0) is 14.4. The molecule has 0 saturated carbocycles. The first-order valence-electron chi connectivity index (χ1n) is 6.38. The highest BCUT2D eigenvalue weighted by molar-refractivity contribution is 6.63. The molecule has 1 aromatic carbocycles. The Hall–Kier alpha value is -1.07. The smallest absolute Gasteiger partial charge is 0.497 e. The van der Waals surface area contributed by atoms with Gasteiger partial charge in [0.2, 0.25) is 0 Å². The molecule has 0 N–H and O–H groups in total. The van der Waals surface area contributed by atoms with Crippen LogP contribution in [0.2, 0.25) is 0 Å². The number of halogens is 1. The first-order valence-corrected chi connectivity index (χ1v) is 6.38. The SMILES string of the molecule is COc1ccc(C)c(F)c1B1OC(C)(C)C(C)(C)O1. The second kappa shape index (κ2) is 4.49. The Labute approximate surface area is 114 Å². The molecule has 104 valence electrons. The second-order valence-corrected chi connectivity index (χ2v) is 5.90. The molecule has 0 aliphatic carbocycles. The van der Waals surface area contributed by atoms with Crippen LogP contribution in [0, 0.1) is 12.7 Å². The van der Waals surface area contributed by atoms with Crippen molar-refractivity contribution >= 4 is 12.6 Å². The van der Waals surface area contributed by atoms with Crippen LogP contribution >= 0.6 is 0 Å². The minimum atomic E-state index is -0.750. The summed E-state index contributed by atoms with van der Waals surface area (Å²) in [5.74, 6) is 0.111. The summed E-state index contributed by atoms with van der Waals surface area (Å²) in [6, 6.07) is 3.42. The van der Waals surface area contributed by atoms with Crippen molar-refractivity contribution in [2.75, 3.05) is 7.11 Å². The van der Waals surface area contributed by atoms with Crippen molar-refractivity contribution in [3.63, 3.8) is 0 Å². The molecule has 3 nitrogen and oxygen atoms in total. The van der Waals surface area contributed by atoms with E-state index < -0.39 is 18.3 Å². The summed E-state index contributed by atoms with van der Waals surface area (Å²) < 4.78 is 31.4. The summed E-state index contributed by atoms with van der Waals surface area (Å²) in [6.07, 6.45) is 0. The normalized spacial score (nSPS) is 20.7. The Morgan fingerprint density at radius 2 is 1.63 bits per heavy atom. The number of methoxy groups -OCH3 is 1. The van der Waals surface area contributed by atoms with Gasteiger partial charge in [0.25, 0.3) is 0 Å². The van der Waals surface area contributed by atoms with Crippen molar-refractivity contribution in [2.24, 2.45) is 0 Å². The van der Waals surface area contributed by atoms with Gasteiger partial charge in [-0.2, -0.15) is 0 Å². The fraction of sp³-hybridized carbons (Fsp3) is 0.571. The molecule has 0 amide bonds. The third-order valence-electron chi connectivity index (χ3n) is 4.04. The number of ether oxygens (including phenoxy) is 1. The highest BCUT2D eigenvalue weighted by atomic mass is 19.1. The van der Waals surface area contributed by atoms with Crippen LogP contribution in [-0.4, -0.2) is 25.4 Å². The standard InChI is InChI=1S/C14H20BFO3/c1-9-7-8-10(17-6)11(12(9)16)15-18-13(2,3)14(4,5)19-15/h7-8H,1-6H3. The van der Waals surface area contributed by atoms with Gasteiger partial charge in [-0.3, -0.25) is 0 Å². The van der Waals surface area contributed by atoms with E-state index in [0.29, 0.717) is 16.8 Å². The van der Waals surface area contributed by atoms with Crippen LogP contribution in [0.5, 0.6) is 5.75 Å². The fourth-order valence-corrected chi connectivity index (χ4v) is 2.04. The van der Waals surface area contributed by atoms with Gasteiger partial charge < -0.3 is 14.0 Å². The summed E-state index contributed by atoms with van der Waals surface area (Å²) in [5.41, 5.74) is -0.121. The maximum atomic E-state index is 14.4. The summed E-state index contributed by atoms with van der Waals surface area (Å²) in [5, 5.41) is 0. The van der Waals surface area contributed by atoms with Crippen LogP contribution in [0.3, 0.4) is 0 Å². The van der Waals surface area contributed by atoms with Crippen LogP contribution in [0.25, 0.3) is 0 Å². The number of benzene rings is 1. The lowest BCUT2D eigenvalue weighted by atomic mass is 9.77. The van der Waals surface area contributed by atoms with Gasteiger partial charge in [0.15, 0.2) is 0 Å². The molecule has 1 aliphatic rings. The van der Waals surface area contributed by atoms with Gasteiger partial charge in [0.1, 0.15) is 11.6 Å². The third-order valence-corrected chi connectivity index (χ3v) is 4.04. The maximum Gasteiger partial charge on any atom is 0.501 e. The molecular formula is C14H20BFO3. The molecule has 0 radical (unpaired) electrons. The van der Waals surface area contributed by atoms with E-state index in [1.807, 2.05) is 27.7 Å². The molecule has 0 aromatic heterocycles. The Balaban J connectivity index is 2.47. The van der Waals surface area contributed by atoms with E-state index >= 15 is 0 Å². The molecule has 0 spiro atoms. The quantitative estimate of drug-likeness (QED) is 0.769. The van der Waals surface area contributed by atoms with Crippen molar-refractivity contribution < 1.29 is 18.4 Å². The highest BCUT2D eigenvalue weighted by Crippen LogP contribution is 2.37. The van der Waals surface area contributed by atoms with Crippen LogP contribution in [0.15, 0.2) is 12.1 Å². The number of aryl methyl sites for hydroxylation is 1. The van der Waals surface area contributed by atoms with Crippen molar-refractivity contribution in [3.8, 4) is 5.75 Å². The second-order valence-electron chi connectivity index (χ2n) is 5.90. The van der Waals surface area contributed by atoms with E-state index in [1.165, 1.54) is 7.11 Å². The predicted octanol–water partition coefficient (Wildman–Crippen LogP) is 2.44. The largest absolute Gasteiger partial charge is 0.501 e. The van der Waals surface area contributed by atoms with Crippen LogP contribution in [0.4, 0.5) is 4.39 Å². The number of hydrogen-bond acceptors (Lipinski definition) is 3. The first-order chi connectivity index (χ1) is 8.69. The van der Waals surface area contributed by atoms with Crippen molar-refractivity contribution in [3.05, 3.63) is 23.5 Å². The molecule has 0 bridgehead atoms. The molecular weight excluding hydrogens is 246 g/mol. The van der Waals surface area contributed by atoms with Crippen LogP contribution in [0.1, 0.15) is 33.3 Å². The molecule has 1 heterocycles. The molecule has 19 heavy (non-hydrogen) atoms. The molecule has 1 fully saturated rings. The average Bonchev–Trinajstić information content (AvgIpc) is 2.51. The van der Waals surface area contributed by atoms with Gasteiger partial charge in [-0.25, -0.2) is 4.39 Å². The summed E-state index contributed by atoms with van der Waals surface area (Å²) in [4.78, 5) is 0. The fourth-order valence-electron chi connectivity index (χ4n) is 2.04. The van der Waals surface area contributed by atoms with Crippen molar-refractivity contribution in [1.29, 1.82) is 0 Å². The van der Waals surface area contributed by atoms with E-state index in [-0.39, 0.29) is 5.82 Å². The lowest BCUT2D eigenvalue weighted by Crippen LogP contribution is -2.41. The third kappa shape index (κ3) is 2.25. The molecule has 5 heteroatoms. The summed E-state index contributed by atoms with van der Waals surface area (Å²) in [7, 11) is 0.763. The van der Waals surface area contributed by atoms with Gasteiger partial charge >= 0.3 is 7.12 Å². The minimum Gasteiger partial charge on any atom is -0.497 e. The summed E-state index contributed by atoms with van der Waals surface area (Å²) >= 11 is 0. The average molecular weight is 266 g/mol. The number of hydrogen-bond donors (Lipinski definition) is 0. The van der Waals surface area contributed by atoms with Crippen LogP contribution < -0.4 is 10.2 Å². The van der Waals surface area contributed by atoms with E-state index in [1.54, 1.807) is 19.1 Å². The van der Waals surface area contributed by atoms with Gasteiger partial charge in [0.05, 0.1) is 23.8 Å². The van der Waals surface area contributed by atoms with Gasteiger partial charge in [-0.15, -0.1) is 0 Å². The van der Waals surface area contributed by atoms with E-state index in [0.717, 1.165) is 0 Å².